The summed E-state index contributed by atoms with van der Waals surface area (Å²) in [4.78, 5) is 16.8. The number of rotatable bonds is 6. The summed E-state index contributed by atoms with van der Waals surface area (Å²) in [6, 6.07) is 6.57. The average Bonchev–Trinajstić information content (AvgIpc) is 2.54. The fraction of sp³-hybridized carbons (Fsp3) is 0.727. The number of halogens is 4. The maximum Gasteiger partial charge on any atom is 2.00 e. The predicted octanol–water partition coefficient (Wildman–Crippen LogP) is 7.13. The van der Waals surface area contributed by atoms with E-state index in [1.807, 2.05) is 0 Å². The normalized spacial score (nSPS) is 11.8. The van der Waals surface area contributed by atoms with Crippen LogP contribution in [0.25, 0.3) is 0 Å². The van der Waals surface area contributed by atoms with Gasteiger partial charge in [0.15, 0.2) is 0 Å². The van der Waals surface area contributed by atoms with E-state index in [0.29, 0.717) is 10.3 Å². The average molecular weight is 571 g/mol. The molecule has 0 aliphatic heterocycles. The van der Waals surface area contributed by atoms with Gasteiger partial charge in [0.1, 0.15) is 5.78 Å². The minimum atomic E-state index is -6.00. The molecule has 0 unspecified atom stereocenters. The minimum Gasteiger partial charge on any atom is -0.418 e. The van der Waals surface area contributed by atoms with Gasteiger partial charge < -0.3 is 22.1 Å². The number of aromatic nitrogens is 1. The molecule has 0 aromatic carbocycles. The van der Waals surface area contributed by atoms with Gasteiger partial charge in [0.05, 0.1) is 27.9 Å². The van der Waals surface area contributed by atoms with Crippen molar-refractivity contribution in [1.82, 2.24) is 9.88 Å². The van der Waals surface area contributed by atoms with E-state index in [1.54, 1.807) is 0 Å². The summed E-state index contributed by atoms with van der Waals surface area (Å²) in [6.45, 7) is 25.0. The summed E-state index contributed by atoms with van der Waals surface area (Å²) in [6.07, 6.45) is 1.16. The van der Waals surface area contributed by atoms with Gasteiger partial charge in [-0.1, -0.05) is 19.9 Å². The van der Waals surface area contributed by atoms with Crippen molar-refractivity contribution >= 4 is 21.0 Å². The minimum absolute atomic E-state index is 0. The molecular weight excluding hydrogens is 529 g/mol. The standard InChI is InChI=1S/C19H35N2P.C3H6O.BF4.Rh/c1-9-21(10-2)14-16-12-11-13-17(20-16)15-22(18(3,4)5)19(6,7)8;1-3(2)4;2-1(3,4)5;/h11-13H,9-10,14-15H2,1-8H3;1-2H3;;/q;;-1;+2/p+1. The van der Waals surface area contributed by atoms with Crippen LogP contribution < -0.4 is 0 Å². The molecule has 1 radical (unpaired) electrons. The second kappa shape index (κ2) is 16.3. The summed E-state index contributed by atoms with van der Waals surface area (Å²) in [7, 11) is -6.56. The Morgan fingerprint density at radius 2 is 1.28 bits per heavy atom. The topological polar surface area (TPSA) is 33.2 Å². The molecule has 1 aromatic rings. The monoisotopic (exact) mass is 571 g/mol. The van der Waals surface area contributed by atoms with Crippen molar-refractivity contribution < 1.29 is 41.5 Å². The molecule has 0 aliphatic rings. The molecule has 0 spiro atoms. The van der Waals surface area contributed by atoms with E-state index in [4.69, 9.17) is 4.98 Å². The van der Waals surface area contributed by atoms with Crippen LogP contribution in [-0.2, 0) is 37.0 Å². The van der Waals surface area contributed by atoms with E-state index in [0.717, 1.165) is 25.8 Å². The Kier molecular flexibility index (Phi) is 18.4. The second-order valence-corrected chi connectivity index (χ2v) is 14.0. The number of Topliss-reactive ketones (excluding diaryl/α,β-unsaturated/α-hetero) is 1. The summed E-state index contributed by atoms with van der Waals surface area (Å²) < 4.78 is 39.0. The number of nitrogens with zero attached hydrogens (tertiary/aromatic N) is 2. The van der Waals surface area contributed by atoms with Crippen LogP contribution in [0.3, 0.4) is 0 Å². The van der Waals surface area contributed by atoms with Crippen molar-refractivity contribution in [2.75, 3.05) is 13.1 Å². The maximum absolute atomic E-state index is 9.75. The zero-order chi connectivity index (χ0) is 25.0. The molecule has 1 rings (SSSR count). The molecule has 0 aliphatic carbocycles. The first-order valence-electron chi connectivity index (χ1n) is 10.7. The third-order valence-corrected chi connectivity index (χ3v) is 8.65. The quantitative estimate of drug-likeness (QED) is 0.207. The van der Waals surface area contributed by atoms with Gasteiger partial charge in [-0.25, -0.2) is 0 Å². The molecule has 10 heteroatoms. The molecule has 0 atom stereocenters. The van der Waals surface area contributed by atoms with Crippen molar-refractivity contribution in [2.45, 2.75) is 92.3 Å². The van der Waals surface area contributed by atoms with Crippen molar-refractivity contribution in [2.24, 2.45) is 0 Å². The van der Waals surface area contributed by atoms with Gasteiger partial charge in [-0.15, -0.1) is 0 Å². The smallest absolute Gasteiger partial charge is 0.418 e. The SMILES string of the molecule is CC(C)=O.CCN(CC)Cc1cccc(C[PH+](C(C)(C)C)C(C)(C)C)n1.F[B-](F)(F)F.[Rh+2]. The number of ketones is 1. The summed E-state index contributed by atoms with van der Waals surface area (Å²) in [5.74, 6) is 0.167. The van der Waals surface area contributed by atoms with E-state index in [1.165, 1.54) is 25.2 Å². The van der Waals surface area contributed by atoms with Crippen LogP contribution in [0.15, 0.2) is 18.2 Å². The van der Waals surface area contributed by atoms with E-state index in [9.17, 15) is 22.1 Å². The number of carbonyl (C=O) groups is 1. The van der Waals surface area contributed by atoms with Gasteiger partial charge in [0.25, 0.3) is 0 Å². The first kappa shape index (κ1) is 36.2. The van der Waals surface area contributed by atoms with Crippen LogP contribution in [0.1, 0.15) is 80.6 Å². The van der Waals surface area contributed by atoms with E-state index in [2.05, 4.69) is 78.5 Å². The Hall–Kier alpha value is -0.382. The molecule has 32 heavy (non-hydrogen) atoms. The Bertz CT molecular complexity index is 622. The first-order valence-corrected chi connectivity index (χ1v) is 12.4. The van der Waals surface area contributed by atoms with Gasteiger partial charge in [0.2, 0.25) is 0 Å². The van der Waals surface area contributed by atoms with E-state index < -0.39 is 15.2 Å². The molecule has 0 bridgehead atoms. The Balaban J connectivity index is -0.000000712. The van der Waals surface area contributed by atoms with Crippen LogP contribution >= 0.6 is 7.92 Å². The van der Waals surface area contributed by atoms with Crippen molar-refractivity contribution in [3.8, 4) is 0 Å². The predicted molar refractivity (Wildman–Crippen MR) is 129 cm³/mol. The molecule has 0 saturated heterocycles. The molecule has 0 N–H and O–H groups in total. The summed E-state index contributed by atoms with van der Waals surface area (Å²) in [5.41, 5.74) is 2.49. The van der Waals surface area contributed by atoms with Gasteiger partial charge in [-0.3, -0.25) is 9.88 Å². The molecule has 0 saturated carbocycles. The maximum atomic E-state index is 9.75. The van der Waals surface area contributed by atoms with Crippen LogP contribution in [0.5, 0.6) is 0 Å². The Morgan fingerprint density at radius 3 is 1.59 bits per heavy atom. The van der Waals surface area contributed by atoms with Gasteiger partial charge in [0, 0.05) is 14.5 Å². The number of carbonyl (C=O) groups excluding carboxylic acids is 1. The third-order valence-electron chi connectivity index (χ3n) is 4.31. The van der Waals surface area contributed by atoms with Crippen LogP contribution in [-0.4, -0.2) is 46.3 Å². The molecular formula is C22H42BF4N2OPRh+2. The zero-order valence-electron chi connectivity index (χ0n) is 21.3. The van der Waals surface area contributed by atoms with Crippen LogP contribution in [0.2, 0.25) is 0 Å². The van der Waals surface area contributed by atoms with Gasteiger partial charge in [-0.2, -0.15) is 0 Å². The van der Waals surface area contributed by atoms with Gasteiger partial charge >= 0.3 is 26.7 Å². The molecule has 189 valence electrons. The summed E-state index contributed by atoms with van der Waals surface area (Å²) in [5, 5.41) is 0.777. The van der Waals surface area contributed by atoms with E-state index >= 15 is 0 Å². The Labute approximate surface area is 207 Å². The first-order chi connectivity index (χ1) is 13.8. The molecule has 0 fully saturated rings. The molecule has 1 aromatic heterocycles. The van der Waals surface area contributed by atoms with Crippen molar-refractivity contribution in [1.29, 1.82) is 0 Å². The number of hydrogen-bond donors (Lipinski definition) is 0. The van der Waals surface area contributed by atoms with Crippen molar-refractivity contribution in [3.05, 3.63) is 29.6 Å². The van der Waals surface area contributed by atoms with E-state index in [-0.39, 0.29) is 25.3 Å². The molecule has 0 amide bonds. The van der Waals surface area contributed by atoms with Crippen molar-refractivity contribution in [3.63, 3.8) is 0 Å². The fourth-order valence-electron chi connectivity index (χ4n) is 3.23. The Morgan fingerprint density at radius 1 is 0.938 bits per heavy atom. The van der Waals surface area contributed by atoms with Crippen LogP contribution in [0, 0.1) is 0 Å². The molecule has 1 heterocycles. The summed E-state index contributed by atoms with van der Waals surface area (Å²) >= 11 is 0. The third kappa shape index (κ3) is 21.5. The van der Waals surface area contributed by atoms with Gasteiger partial charge in [-0.05, 0) is 80.6 Å². The zero-order valence-corrected chi connectivity index (χ0v) is 23.9. The van der Waals surface area contributed by atoms with Crippen LogP contribution in [0.4, 0.5) is 17.3 Å². The number of pyridine rings is 1. The largest absolute Gasteiger partial charge is 2.00 e. The second-order valence-electron chi connectivity index (χ2n) is 9.64. The number of hydrogen-bond acceptors (Lipinski definition) is 3. The fourth-order valence-corrected chi connectivity index (χ4v) is 7.10. The molecule has 3 nitrogen and oxygen atoms in total.